The van der Waals surface area contributed by atoms with Crippen LogP contribution in [0.25, 0.3) is 5.82 Å². The van der Waals surface area contributed by atoms with Crippen LogP contribution in [0.5, 0.6) is 5.75 Å². The molecule has 27 heavy (non-hydrogen) atoms. The number of carbonyl (C=O) groups excluding carboxylic acids is 2. The van der Waals surface area contributed by atoms with Crippen molar-refractivity contribution in [1.82, 2.24) is 9.72 Å². The van der Waals surface area contributed by atoms with Crippen molar-refractivity contribution in [2.24, 2.45) is 0 Å². The van der Waals surface area contributed by atoms with Crippen molar-refractivity contribution in [3.05, 3.63) is 64.7 Å². The second-order valence-electron chi connectivity index (χ2n) is 6.14. The molecule has 0 radical (unpaired) electrons. The van der Waals surface area contributed by atoms with Gasteiger partial charge in [0, 0.05) is 23.0 Å². The summed E-state index contributed by atoms with van der Waals surface area (Å²) in [5.74, 6) is 1.08. The number of hydrogen-bond acceptors (Lipinski definition) is 6. The summed E-state index contributed by atoms with van der Waals surface area (Å²) < 4.78 is 17.1. The number of aromatic nitrogens is 2. The van der Waals surface area contributed by atoms with Gasteiger partial charge in [-0.25, -0.2) is 4.79 Å². The summed E-state index contributed by atoms with van der Waals surface area (Å²) >= 11 is 0. The molecule has 0 saturated carbocycles. The quantitative estimate of drug-likeness (QED) is 0.490. The van der Waals surface area contributed by atoms with Crippen LogP contribution in [-0.4, -0.2) is 35.2 Å². The van der Waals surface area contributed by atoms with E-state index in [0.717, 1.165) is 5.69 Å². The van der Waals surface area contributed by atoms with Gasteiger partial charge in [0.2, 0.25) is 5.78 Å². The number of methoxy groups -OCH3 is 1. The van der Waals surface area contributed by atoms with E-state index in [9.17, 15) is 9.59 Å². The van der Waals surface area contributed by atoms with E-state index >= 15 is 0 Å². The third-order valence-corrected chi connectivity index (χ3v) is 4.24. The van der Waals surface area contributed by atoms with Crippen molar-refractivity contribution >= 4 is 11.8 Å². The fourth-order valence-electron chi connectivity index (χ4n) is 2.88. The van der Waals surface area contributed by atoms with Crippen LogP contribution in [0.2, 0.25) is 0 Å². The average Bonchev–Trinajstić information content (AvgIpc) is 3.21. The number of nitrogens with zero attached hydrogens (tertiary/aromatic N) is 2. The molecule has 0 saturated heterocycles. The first-order valence-corrected chi connectivity index (χ1v) is 8.37. The fourth-order valence-corrected chi connectivity index (χ4v) is 2.88. The minimum absolute atomic E-state index is 0.281. The Labute approximate surface area is 156 Å². The Morgan fingerprint density at radius 3 is 2.41 bits per heavy atom. The summed E-state index contributed by atoms with van der Waals surface area (Å²) in [6, 6.07) is 10.0. The van der Waals surface area contributed by atoms with Crippen LogP contribution in [0.4, 0.5) is 0 Å². The minimum Gasteiger partial charge on any atom is -0.497 e. The van der Waals surface area contributed by atoms with Crippen LogP contribution in [-0.2, 0) is 4.74 Å². The molecule has 0 fully saturated rings. The van der Waals surface area contributed by atoms with Crippen molar-refractivity contribution in [3.63, 3.8) is 0 Å². The van der Waals surface area contributed by atoms with Gasteiger partial charge in [-0.05, 0) is 51.1 Å². The molecule has 2 heterocycles. The van der Waals surface area contributed by atoms with Crippen LogP contribution in [0.3, 0.4) is 0 Å². The Hall–Kier alpha value is -3.35. The molecule has 0 atom stereocenters. The molecule has 0 aliphatic heterocycles. The number of ketones is 1. The molecule has 2 aromatic heterocycles. The van der Waals surface area contributed by atoms with Gasteiger partial charge < -0.3 is 14.0 Å². The summed E-state index contributed by atoms with van der Waals surface area (Å²) in [5, 5.41) is 3.99. The summed E-state index contributed by atoms with van der Waals surface area (Å²) in [6.45, 7) is 5.15. The number of benzene rings is 1. The summed E-state index contributed by atoms with van der Waals surface area (Å²) in [4.78, 5) is 24.7. The highest BCUT2D eigenvalue weighted by atomic mass is 16.5. The van der Waals surface area contributed by atoms with Gasteiger partial charge in [-0.2, -0.15) is 0 Å². The van der Waals surface area contributed by atoms with E-state index < -0.39 is 5.97 Å². The predicted molar refractivity (Wildman–Crippen MR) is 97.6 cm³/mol. The lowest BCUT2D eigenvalue weighted by Gasteiger charge is -2.06. The van der Waals surface area contributed by atoms with Crippen molar-refractivity contribution in [2.75, 3.05) is 13.7 Å². The number of Topliss-reactive ketones (excluding diaryl/α,β-unsaturated/α-hetero) is 1. The fraction of sp³-hybridized carbons (Fsp3) is 0.250. The zero-order valence-corrected chi connectivity index (χ0v) is 15.6. The first kappa shape index (κ1) is 18.4. The van der Waals surface area contributed by atoms with Crippen molar-refractivity contribution in [1.29, 1.82) is 0 Å². The maximum Gasteiger partial charge on any atom is 0.338 e. The molecule has 0 N–H and O–H groups in total. The number of ether oxygens (including phenoxy) is 2. The third kappa shape index (κ3) is 3.76. The molecule has 0 bridgehead atoms. The molecule has 7 nitrogen and oxygen atoms in total. The number of hydrogen-bond donors (Lipinski definition) is 0. The van der Waals surface area contributed by atoms with Crippen LogP contribution in [0, 0.1) is 20.8 Å². The number of aryl methyl sites for hydroxylation is 2. The van der Waals surface area contributed by atoms with E-state index in [1.54, 1.807) is 50.4 Å². The lowest BCUT2D eigenvalue weighted by atomic mass is 10.1. The first-order chi connectivity index (χ1) is 12.9. The molecule has 7 heteroatoms. The van der Waals surface area contributed by atoms with Crippen LogP contribution >= 0.6 is 0 Å². The highest BCUT2D eigenvalue weighted by molar-refractivity contribution is 6.00. The molecule has 3 aromatic rings. The van der Waals surface area contributed by atoms with E-state index in [-0.39, 0.29) is 12.4 Å². The van der Waals surface area contributed by atoms with Crippen molar-refractivity contribution in [3.8, 4) is 11.6 Å². The third-order valence-electron chi connectivity index (χ3n) is 4.24. The Kier molecular flexibility index (Phi) is 5.12. The lowest BCUT2D eigenvalue weighted by Crippen LogP contribution is -2.15. The zero-order chi connectivity index (χ0) is 19.6. The molecular weight excluding hydrogens is 348 g/mol. The number of esters is 1. The number of carbonyl (C=O) groups is 2. The van der Waals surface area contributed by atoms with Crippen molar-refractivity contribution in [2.45, 2.75) is 20.8 Å². The van der Waals surface area contributed by atoms with E-state index in [2.05, 4.69) is 5.16 Å². The Morgan fingerprint density at radius 2 is 1.81 bits per heavy atom. The Balaban J connectivity index is 1.72. The van der Waals surface area contributed by atoms with Crippen LogP contribution in [0.1, 0.15) is 37.9 Å². The highest BCUT2D eigenvalue weighted by Crippen LogP contribution is 2.21. The standard InChI is InChI=1S/C20H20N2O5/c1-12-9-17(14(3)22(12)19-10-13(2)27-21-19)18(23)11-26-20(24)15-5-7-16(25-4)8-6-15/h5-10H,11H2,1-4H3. The molecule has 0 aliphatic carbocycles. The summed E-state index contributed by atoms with van der Waals surface area (Å²) in [5.41, 5.74) is 2.39. The maximum absolute atomic E-state index is 12.5. The second kappa shape index (κ2) is 7.49. The molecule has 0 amide bonds. The van der Waals surface area contributed by atoms with E-state index in [1.165, 1.54) is 0 Å². The minimum atomic E-state index is -0.563. The molecule has 3 rings (SSSR count). The largest absolute Gasteiger partial charge is 0.497 e. The van der Waals surface area contributed by atoms with Gasteiger partial charge in [0.1, 0.15) is 11.5 Å². The van der Waals surface area contributed by atoms with Crippen molar-refractivity contribution < 1.29 is 23.6 Å². The van der Waals surface area contributed by atoms with E-state index in [4.69, 9.17) is 14.0 Å². The Morgan fingerprint density at radius 1 is 1.11 bits per heavy atom. The van der Waals surface area contributed by atoms with E-state index in [1.807, 2.05) is 18.4 Å². The maximum atomic E-state index is 12.5. The lowest BCUT2D eigenvalue weighted by molar-refractivity contribution is 0.0474. The average molecular weight is 368 g/mol. The van der Waals surface area contributed by atoms with E-state index in [0.29, 0.717) is 34.1 Å². The van der Waals surface area contributed by atoms with Crippen LogP contribution in [0.15, 0.2) is 40.9 Å². The monoisotopic (exact) mass is 368 g/mol. The predicted octanol–water partition coefficient (Wildman–Crippen LogP) is 3.44. The first-order valence-electron chi connectivity index (χ1n) is 8.37. The van der Waals surface area contributed by atoms with Gasteiger partial charge in [-0.3, -0.25) is 9.36 Å². The smallest absolute Gasteiger partial charge is 0.338 e. The van der Waals surface area contributed by atoms with Gasteiger partial charge in [0.05, 0.1) is 12.7 Å². The molecule has 1 aromatic carbocycles. The van der Waals surface area contributed by atoms with Gasteiger partial charge >= 0.3 is 5.97 Å². The van der Waals surface area contributed by atoms with Crippen LogP contribution < -0.4 is 4.74 Å². The summed E-state index contributed by atoms with van der Waals surface area (Å²) in [6.07, 6.45) is 0. The number of rotatable bonds is 6. The summed E-state index contributed by atoms with van der Waals surface area (Å²) in [7, 11) is 1.54. The van der Waals surface area contributed by atoms with Gasteiger partial charge in [-0.15, -0.1) is 0 Å². The molecule has 140 valence electrons. The molecule has 0 aliphatic rings. The normalized spacial score (nSPS) is 10.7. The van der Waals surface area contributed by atoms with Gasteiger partial charge in [-0.1, -0.05) is 5.16 Å². The zero-order valence-electron chi connectivity index (χ0n) is 15.6. The second-order valence-corrected chi connectivity index (χ2v) is 6.14. The highest BCUT2D eigenvalue weighted by Gasteiger charge is 2.20. The van der Waals surface area contributed by atoms with Gasteiger partial charge in [0.25, 0.3) is 0 Å². The SMILES string of the molecule is COc1ccc(C(=O)OCC(=O)c2cc(C)n(-c3cc(C)on3)c2C)cc1. The molecule has 0 spiro atoms. The Bertz CT molecular complexity index is 982. The topological polar surface area (TPSA) is 83.6 Å². The molecular formula is C20H20N2O5. The van der Waals surface area contributed by atoms with Gasteiger partial charge in [0.15, 0.2) is 12.4 Å². The molecule has 0 unspecified atom stereocenters.